The molecule has 26 heteroatoms. The summed E-state index contributed by atoms with van der Waals surface area (Å²) in [6.07, 6.45) is 1.96. The van der Waals surface area contributed by atoms with Gasteiger partial charge in [0.2, 0.25) is 11.9 Å². The SMILES string of the molecule is CCS(=O)(=O)O.COC(=O)c1ccc2c(C(=Nc3ccc(N(C)C(=O)CN4CCN(C)CC4)cc3)c3ccccc3)c(O)[nH]c2c1.Nc1nc2[nH]cc(CCc3ccc(C(=O)N[C@@H](CCC(=O)[O-])C(=O)[O-])cc3)c2c(=O)[nH]1.[Na+].[Na+]. The molecule has 7 aromatic rings. The van der Waals surface area contributed by atoms with E-state index in [2.05, 4.69) is 42.1 Å². The van der Waals surface area contributed by atoms with Crippen LogP contribution in [0.15, 0.2) is 113 Å². The molecule has 406 valence electrons. The van der Waals surface area contributed by atoms with Crippen molar-refractivity contribution in [2.24, 2.45) is 4.99 Å². The summed E-state index contributed by atoms with van der Waals surface area (Å²) in [4.78, 5) is 94.3. The van der Waals surface area contributed by atoms with E-state index >= 15 is 0 Å². The summed E-state index contributed by atoms with van der Waals surface area (Å²) >= 11 is 0. The molecule has 0 aliphatic carbocycles. The number of aromatic amines is 3. The van der Waals surface area contributed by atoms with Crippen LogP contribution in [0.3, 0.4) is 0 Å². The summed E-state index contributed by atoms with van der Waals surface area (Å²) in [5.41, 5.74) is 11.8. The van der Waals surface area contributed by atoms with Crippen molar-refractivity contribution in [3.63, 3.8) is 0 Å². The molecule has 0 unspecified atom stereocenters. The van der Waals surface area contributed by atoms with Crippen LogP contribution < -0.4 is 90.8 Å². The number of likely N-dealkylation sites (N-methyl/N-ethyl adjacent to an activating group) is 2. The zero-order valence-electron chi connectivity index (χ0n) is 44.6. The number of anilines is 2. The van der Waals surface area contributed by atoms with Crippen LogP contribution in [-0.4, -0.2) is 149 Å². The summed E-state index contributed by atoms with van der Waals surface area (Å²) in [7, 11) is 1.56. The summed E-state index contributed by atoms with van der Waals surface area (Å²) in [6.45, 7) is 5.46. The van der Waals surface area contributed by atoms with Crippen LogP contribution in [0, 0.1) is 0 Å². The maximum Gasteiger partial charge on any atom is 1.00 e. The maximum absolute atomic E-state index is 12.9. The van der Waals surface area contributed by atoms with E-state index in [9.17, 15) is 52.5 Å². The second kappa shape index (κ2) is 30.0. The number of carbonyl (C=O) groups excluding carboxylic acids is 5. The van der Waals surface area contributed by atoms with Gasteiger partial charge in [-0.1, -0.05) is 48.5 Å². The predicted octanol–water partition coefficient (Wildman–Crippen LogP) is -4.06. The third-order valence-corrected chi connectivity index (χ3v) is 13.2. The Morgan fingerprint density at radius 2 is 1.53 bits per heavy atom. The minimum Gasteiger partial charge on any atom is -0.550 e. The second-order valence-electron chi connectivity index (χ2n) is 17.8. The number of carbonyl (C=O) groups is 5. The number of methoxy groups -OCH3 is 1. The quantitative estimate of drug-likeness (QED) is 0.0197. The van der Waals surface area contributed by atoms with E-state index < -0.39 is 46.4 Å². The third-order valence-electron chi connectivity index (χ3n) is 12.4. The van der Waals surface area contributed by atoms with Gasteiger partial charge in [-0.15, -0.1) is 0 Å². The fourth-order valence-electron chi connectivity index (χ4n) is 8.03. The van der Waals surface area contributed by atoms with Crippen molar-refractivity contribution in [1.82, 2.24) is 35.1 Å². The van der Waals surface area contributed by atoms with Crippen molar-refractivity contribution in [3.05, 3.63) is 147 Å². The normalized spacial score (nSPS) is 13.1. The van der Waals surface area contributed by atoms with Crippen LogP contribution >= 0.6 is 0 Å². The Morgan fingerprint density at radius 1 is 0.899 bits per heavy atom. The molecule has 0 bridgehead atoms. The number of nitrogens with one attached hydrogen (secondary N) is 4. The summed E-state index contributed by atoms with van der Waals surface area (Å²) in [6, 6.07) is 27.2. The number of ether oxygens (including phenoxy) is 1. The Labute approximate surface area is 499 Å². The number of piperazine rings is 1. The first-order valence-electron chi connectivity index (χ1n) is 24.1. The molecule has 8 N–H and O–H groups in total. The molecular weight excluding hydrogens is 1060 g/mol. The van der Waals surface area contributed by atoms with Crippen molar-refractivity contribution in [2.45, 2.75) is 38.6 Å². The number of aryl methyl sites for hydroxylation is 2. The number of rotatable bonds is 17. The number of esters is 1. The van der Waals surface area contributed by atoms with Gasteiger partial charge in [-0.05, 0) is 99.3 Å². The number of H-pyrrole nitrogens is 3. The van der Waals surface area contributed by atoms with E-state index in [1.807, 2.05) is 54.6 Å². The topological polar surface area (TPSA) is 353 Å². The molecular formula is C53H58N10Na2O13S. The van der Waals surface area contributed by atoms with Crippen molar-refractivity contribution < 1.29 is 116 Å². The van der Waals surface area contributed by atoms with Crippen molar-refractivity contribution >= 4 is 84.8 Å². The van der Waals surface area contributed by atoms with Gasteiger partial charge in [-0.25, -0.2) is 9.79 Å². The third kappa shape index (κ3) is 18.4. The Bertz CT molecular complexity index is 3440. The number of carboxylic acids is 2. The first-order valence-corrected chi connectivity index (χ1v) is 25.7. The number of nitrogens with zero attached hydrogens (tertiary/aromatic N) is 5. The number of hydrogen-bond donors (Lipinski definition) is 7. The maximum atomic E-state index is 12.9. The van der Waals surface area contributed by atoms with E-state index in [1.54, 1.807) is 48.5 Å². The smallest absolute Gasteiger partial charge is 0.550 e. The number of aromatic hydroxyl groups is 1. The molecule has 79 heavy (non-hydrogen) atoms. The van der Waals surface area contributed by atoms with Gasteiger partial charge >= 0.3 is 65.1 Å². The molecule has 0 saturated carbocycles. The molecule has 23 nitrogen and oxygen atoms in total. The Balaban J connectivity index is 0.000000309. The first kappa shape index (κ1) is 64.8. The minimum atomic E-state index is -3.66. The van der Waals surface area contributed by atoms with Gasteiger partial charge in [0, 0.05) is 73.1 Å². The Morgan fingerprint density at radius 3 is 2.13 bits per heavy atom. The van der Waals surface area contributed by atoms with Gasteiger partial charge in [0.25, 0.3) is 21.6 Å². The molecule has 4 aromatic carbocycles. The van der Waals surface area contributed by atoms with Crippen LogP contribution in [0.25, 0.3) is 21.9 Å². The average Bonchev–Trinajstić information content (AvgIpc) is 4.02. The first-order chi connectivity index (χ1) is 36.6. The Kier molecular flexibility index (Phi) is 24.6. The number of aliphatic carboxylic acids is 2. The van der Waals surface area contributed by atoms with Crippen LogP contribution in [0.1, 0.15) is 62.7 Å². The van der Waals surface area contributed by atoms with Crippen molar-refractivity contribution in [2.75, 3.05) is 70.3 Å². The van der Waals surface area contributed by atoms with E-state index in [4.69, 9.17) is 20.0 Å². The standard InChI is InChI=1S/C31H33N5O4.C20H21N5O6.C2H6O3S.2Na/c1-34-15-17-36(18-16-34)20-27(37)35(2)24-12-10-23(11-13-24)32-29(21-7-5-4-6-8-21)28-25-14-9-22(31(39)40-3)19-26(25)33-30(28)38;21-20-24-16-15(18(29)25-20)12(9-22-16)6-3-10-1-4-11(5-2-10)17(28)23-13(19(30)31)7-8-14(26)27;1-2-6(3,4)5;;/h4-14,19,33,38H,15-18,20H2,1-3H3;1-2,4-5,9,13H,3,6-8H2,(H,23,28)(H,26,27)(H,30,31)(H4,21,22,24,25,29);2H2,1H3,(H,3,4,5);;/q;;;2*+1/p-2/t;13-;;;/m.0.../s1. The summed E-state index contributed by atoms with van der Waals surface area (Å²) < 4.78 is 31.7. The zero-order valence-corrected chi connectivity index (χ0v) is 49.4. The Hall–Kier alpha value is -6.71. The number of nitrogen functional groups attached to an aromatic ring is 1. The monoisotopic (exact) mass is 1120 g/mol. The van der Waals surface area contributed by atoms with Crippen LogP contribution in [0.5, 0.6) is 5.88 Å². The molecule has 0 spiro atoms. The number of aromatic nitrogens is 4. The molecule has 2 amide bonds. The number of nitrogens with two attached hydrogens (primary N) is 1. The zero-order chi connectivity index (χ0) is 56.0. The van der Waals surface area contributed by atoms with Gasteiger partial charge in [0.1, 0.15) is 5.65 Å². The molecule has 8 rings (SSSR count). The minimum absolute atomic E-state index is 0. The van der Waals surface area contributed by atoms with Gasteiger partial charge in [-0.2, -0.15) is 13.4 Å². The molecule has 1 aliphatic heterocycles. The van der Waals surface area contributed by atoms with Crippen molar-refractivity contribution in [3.8, 4) is 5.88 Å². The fraction of sp³-hybridized carbons (Fsp3) is 0.283. The van der Waals surface area contributed by atoms with Gasteiger partial charge in [0.05, 0.1) is 59.3 Å². The van der Waals surface area contributed by atoms with Gasteiger partial charge in [0.15, 0.2) is 5.88 Å². The van der Waals surface area contributed by atoms with E-state index in [1.165, 1.54) is 26.2 Å². The molecule has 3 aromatic heterocycles. The molecule has 4 heterocycles. The number of amides is 2. The predicted molar refractivity (Wildman–Crippen MR) is 284 cm³/mol. The largest absolute Gasteiger partial charge is 1.00 e. The molecule has 1 atom stereocenters. The molecule has 1 aliphatic rings. The van der Waals surface area contributed by atoms with Crippen LogP contribution in [0.2, 0.25) is 0 Å². The van der Waals surface area contributed by atoms with E-state index in [0.29, 0.717) is 58.5 Å². The average molecular weight is 1120 g/mol. The van der Waals surface area contributed by atoms with E-state index in [0.717, 1.165) is 53.9 Å². The second-order valence-corrected chi connectivity index (χ2v) is 19.5. The number of carboxylic acid groups (broad SMARTS) is 2. The molecule has 1 fully saturated rings. The summed E-state index contributed by atoms with van der Waals surface area (Å²) in [5.74, 6) is -4.29. The van der Waals surface area contributed by atoms with Gasteiger partial charge in [-0.3, -0.25) is 28.8 Å². The number of benzene rings is 4. The van der Waals surface area contributed by atoms with Gasteiger partial charge < -0.3 is 60.5 Å². The number of aliphatic imine (C=N–C) groups is 1. The summed E-state index contributed by atoms with van der Waals surface area (Å²) in [5, 5.41) is 36.0. The fourth-order valence-corrected chi connectivity index (χ4v) is 8.03. The van der Waals surface area contributed by atoms with Crippen LogP contribution in [0.4, 0.5) is 17.3 Å². The van der Waals surface area contributed by atoms with E-state index in [-0.39, 0.29) is 100 Å². The van der Waals surface area contributed by atoms with Crippen molar-refractivity contribution in [1.29, 1.82) is 0 Å². The van der Waals surface area contributed by atoms with Crippen LogP contribution in [-0.2, 0) is 42.1 Å². The molecule has 0 radical (unpaired) electrons. The molecule has 1 saturated heterocycles. The number of fused-ring (bicyclic) bond motifs is 2. The number of hydrogen-bond acceptors (Lipinski definition) is 17.